The zero-order valence-corrected chi connectivity index (χ0v) is 31.3. The van der Waals surface area contributed by atoms with E-state index in [-0.39, 0.29) is 0 Å². The van der Waals surface area contributed by atoms with Crippen molar-refractivity contribution in [2.75, 3.05) is 12.0 Å². The van der Waals surface area contributed by atoms with Gasteiger partial charge in [-0.25, -0.2) is 0 Å². The number of aryl methyl sites for hydroxylation is 6. The zero-order chi connectivity index (χ0) is 36.1. The maximum Gasteiger partial charge on any atom is 0.126 e. The number of rotatable bonds is 10. The molecule has 256 valence electrons. The lowest BCUT2D eigenvalue weighted by molar-refractivity contribution is 0.413. The third kappa shape index (κ3) is 8.08. The smallest absolute Gasteiger partial charge is 0.126 e. The van der Waals surface area contributed by atoms with Gasteiger partial charge in [0.1, 0.15) is 5.75 Å². The van der Waals surface area contributed by atoms with E-state index >= 15 is 0 Å². The lowest BCUT2D eigenvalue weighted by Crippen LogP contribution is -2.10. The lowest BCUT2D eigenvalue weighted by Gasteiger charge is -2.27. The molecule has 0 aliphatic rings. The summed E-state index contributed by atoms with van der Waals surface area (Å²) in [7, 11) is 1.75. The maximum absolute atomic E-state index is 5.80. The van der Waals surface area contributed by atoms with E-state index in [4.69, 9.17) is 4.74 Å². The Kier molecular flexibility index (Phi) is 10.7. The molecule has 0 N–H and O–H groups in total. The summed E-state index contributed by atoms with van der Waals surface area (Å²) in [6.45, 7) is 15.2. The summed E-state index contributed by atoms with van der Waals surface area (Å²) in [6.07, 6.45) is 9.77. The van der Waals surface area contributed by atoms with Crippen LogP contribution in [-0.4, -0.2) is 7.11 Å². The van der Waals surface area contributed by atoms with Gasteiger partial charge in [-0.2, -0.15) is 0 Å². The Labute approximate surface area is 305 Å². The summed E-state index contributed by atoms with van der Waals surface area (Å²) in [4.78, 5) is 2.38. The molecule has 0 atom stereocenters. The molecule has 0 radical (unpaired) electrons. The van der Waals surface area contributed by atoms with E-state index in [1.807, 2.05) is 0 Å². The number of ether oxygens (including phenoxy) is 1. The van der Waals surface area contributed by atoms with Crippen LogP contribution in [0.3, 0.4) is 0 Å². The number of methoxy groups -OCH3 is 1. The molecule has 0 aliphatic heterocycles. The van der Waals surface area contributed by atoms with Crippen molar-refractivity contribution in [3.8, 4) is 28.0 Å². The lowest BCUT2D eigenvalue weighted by atomic mass is 9.94. The van der Waals surface area contributed by atoms with Crippen LogP contribution in [0.4, 0.5) is 17.1 Å². The second-order valence-corrected chi connectivity index (χ2v) is 13.8. The number of nitrogens with zero attached hydrogens (tertiary/aromatic N) is 1. The van der Waals surface area contributed by atoms with Crippen LogP contribution in [0.5, 0.6) is 5.75 Å². The molecule has 0 aromatic heterocycles. The van der Waals surface area contributed by atoms with Crippen molar-refractivity contribution in [3.05, 3.63) is 171 Å². The number of para-hydroxylation sites is 1. The molecule has 51 heavy (non-hydrogen) atoms. The van der Waals surface area contributed by atoms with Gasteiger partial charge in [0.15, 0.2) is 0 Å². The Bertz CT molecular complexity index is 2200. The van der Waals surface area contributed by atoms with E-state index < -0.39 is 0 Å². The monoisotopic (exact) mass is 667 g/mol. The van der Waals surface area contributed by atoms with Crippen LogP contribution in [0, 0.1) is 41.5 Å². The molecule has 2 nitrogen and oxygen atoms in total. The normalized spacial score (nSPS) is 11.5. The molecular formula is C49H49NO. The van der Waals surface area contributed by atoms with Crippen LogP contribution in [0.1, 0.15) is 63.4 Å². The summed E-state index contributed by atoms with van der Waals surface area (Å²) < 4.78 is 5.80. The first-order valence-corrected chi connectivity index (χ1v) is 17.9. The molecule has 6 aromatic rings. The van der Waals surface area contributed by atoms with Crippen molar-refractivity contribution in [1.29, 1.82) is 0 Å². The van der Waals surface area contributed by atoms with Crippen molar-refractivity contribution < 1.29 is 4.74 Å². The third-order valence-electron chi connectivity index (χ3n) is 9.45. The Morgan fingerprint density at radius 1 is 0.490 bits per heavy atom. The number of hydrogen-bond donors (Lipinski definition) is 0. The molecule has 0 aliphatic carbocycles. The van der Waals surface area contributed by atoms with Gasteiger partial charge in [-0.15, -0.1) is 0 Å². The summed E-state index contributed by atoms with van der Waals surface area (Å²) in [6, 6.07) is 42.4. The van der Waals surface area contributed by atoms with Gasteiger partial charge in [-0.3, -0.25) is 0 Å². The van der Waals surface area contributed by atoms with Crippen molar-refractivity contribution >= 4 is 35.3 Å². The zero-order valence-electron chi connectivity index (χ0n) is 31.3. The molecule has 0 spiro atoms. The summed E-state index contributed by atoms with van der Waals surface area (Å²) in [5, 5.41) is 0. The fourth-order valence-electron chi connectivity index (χ4n) is 7.06. The molecule has 0 saturated carbocycles. The molecule has 6 aromatic carbocycles. The van der Waals surface area contributed by atoms with Crippen molar-refractivity contribution in [1.82, 2.24) is 0 Å². The maximum atomic E-state index is 5.80. The van der Waals surface area contributed by atoms with Crippen LogP contribution in [0.25, 0.3) is 40.5 Å². The highest BCUT2D eigenvalue weighted by Gasteiger charge is 2.17. The minimum Gasteiger partial charge on any atom is -0.496 e. The van der Waals surface area contributed by atoms with E-state index in [9.17, 15) is 0 Å². The number of anilines is 3. The second-order valence-electron chi connectivity index (χ2n) is 13.8. The quantitative estimate of drug-likeness (QED) is 0.135. The highest BCUT2D eigenvalue weighted by atomic mass is 16.5. The van der Waals surface area contributed by atoms with Gasteiger partial charge in [0.2, 0.25) is 0 Å². The summed E-state index contributed by atoms with van der Waals surface area (Å²) in [5.41, 5.74) is 19.1. The molecule has 0 fully saturated rings. The summed E-state index contributed by atoms with van der Waals surface area (Å²) >= 11 is 0. The molecule has 0 saturated heterocycles. The van der Waals surface area contributed by atoms with Gasteiger partial charge >= 0.3 is 0 Å². The van der Waals surface area contributed by atoms with E-state index in [1.54, 1.807) is 7.11 Å². The fraction of sp³-hybridized carbons (Fsp3) is 0.184. The van der Waals surface area contributed by atoms with Gasteiger partial charge in [-0.05, 0) is 141 Å². The molecule has 6 rings (SSSR count). The van der Waals surface area contributed by atoms with E-state index in [0.29, 0.717) is 0 Å². The van der Waals surface area contributed by atoms with E-state index in [1.165, 1.54) is 55.6 Å². The van der Waals surface area contributed by atoms with Crippen LogP contribution >= 0.6 is 0 Å². The average molecular weight is 668 g/mol. The number of benzene rings is 6. The minimum atomic E-state index is 0.881. The largest absolute Gasteiger partial charge is 0.496 e. The van der Waals surface area contributed by atoms with Gasteiger partial charge in [0.05, 0.1) is 7.11 Å². The van der Waals surface area contributed by atoms with Crippen molar-refractivity contribution in [2.24, 2.45) is 0 Å². The Hall–Kier alpha value is -5.60. The first-order valence-electron chi connectivity index (χ1n) is 17.9. The third-order valence-corrected chi connectivity index (χ3v) is 9.45. The molecule has 0 amide bonds. The Morgan fingerprint density at radius 2 is 1.06 bits per heavy atom. The van der Waals surface area contributed by atoms with Crippen molar-refractivity contribution in [2.45, 2.75) is 54.9 Å². The van der Waals surface area contributed by atoms with Gasteiger partial charge < -0.3 is 9.64 Å². The highest BCUT2D eigenvalue weighted by Crippen LogP contribution is 2.41. The Balaban J connectivity index is 1.51. The summed E-state index contributed by atoms with van der Waals surface area (Å²) in [5.74, 6) is 0.881. The van der Waals surface area contributed by atoms with E-state index in [2.05, 4.69) is 193 Å². The van der Waals surface area contributed by atoms with Gasteiger partial charge in [0, 0.05) is 22.6 Å². The molecule has 2 heteroatoms. The van der Waals surface area contributed by atoms with Crippen LogP contribution in [0.2, 0.25) is 0 Å². The second kappa shape index (κ2) is 15.5. The van der Waals surface area contributed by atoms with Crippen LogP contribution < -0.4 is 9.64 Å². The average Bonchev–Trinajstić information content (AvgIpc) is 3.11. The van der Waals surface area contributed by atoms with Gasteiger partial charge in [-0.1, -0.05) is 120 Å². The predicted octanol–water partition coefficient (Wildman–Crippen LogP) is 13.9. The molecule has 0 unspecified atom stereocenters. The first kappa shape index (κ1) is 35.2. The predicted molar refractivity (Wildman–Crippen MR) is 222 cm³/mol. The van der Waals surface area contributed by atoms with Crippen molar-refractivity contribution in [3.63, 3.8) is 0 Å². The minimum absolute atomic E-state index is 0.881. The fourth-order valence-corrected chi connectivity index (χ4v) is 7.06. The highest BCUT2D eigenvalue weighted by molar-refractivity contribution is 5.88. The number of allylic oxidation sites excluding steroid dienone is 1. The Morgan fingerprint density at radius 3 is 1.67 bits per heavy atom. The topological polar surface area (TPSA) is 12.5 Å². The standard InChI is InChI=1S/C49H49NO/c1-9-10-14-41-29-38(7)40(30-49(41)51-8)19-18-39-20-22-46(32-48(39)43-27-35(4)24-36(5)28-43)50(44-15-12-11-13-16-44)45-21-17-37(6)47(31-45)42-25-33(2)23-34(3)26-42/h10-32H,9H2,1-8H3/b14-10-,19-18-. The van der Waals surface area contributed by atoms with Crippen LogP contribution in [0.15, 0.2) is 121 Å². The number of hydrogen-bond acceptors (Lipinski definition) is 2. The molecule has 0 heterocycles. The molecular weight excluding hydrogens is 619 g/mol. The van der Waals surface area contributed by atoms with Crippen LogP contribution in [-0.2, 0) is 0 Å². The molecule has 0 bridgehead atoms. The SMILES string of the molecule is CC/C=C\c1cc(C)c(/C=C\c2ccc(N(c3ccccc3)c3ccc(C)c(-c4cc(C)cc(C)c4)c3)cc2-c2cc(C)cc(C)c2)cc1OC. The first-order chi connectivity index (χ1) is 24.6. The van der Waals surface area contributed by atoms with E-state index in [0.717, 1.165) is 45.9 Å². The van der Waals surface area contributed by atoms with Gasteiger partial charge in [0.25, 0.3) is 0 Å².